The van der Waals surface area contributed by atoms with Crippen LogP contribution in [-0.2, 0) is 20.1 Å². The smallest absolute Gasteiger partial charge is 0.128 e. The number of furan rings is 1. The number of hydrogen-bond acceptors (Lipinski definition) is 4. The minimum absolute atomic E-state index is 0. The Morgan fingerprint density at radius 2 is 1.32 bits per heavy atom. The zero-order valence-electron chi connectivity index (χ0n) is 22.7. The molecule has 3 aromatic carbocycles. The second-order valence-corrected chi connectivity index (χ2v) is 9.80. The third-order valence-corrected chi connectivity index (χ3v) is 6.79. The van der Waals surface area contributed by atoms with E-state index in [-0.39, 0.29) is 20.1 Å². The van der Waals surface area contributed by atoms with Gasteiger partial charge in [0.2, 0.25) is 0 Å². The molecule has 0 unspecified atom stereocenters. The van der Waals surface area contributed by atoms with Crippen molar-refractivity contribution < 1.29 is 24.5 Å². The van der Waals surface area contributed by atoms with E-state index in [0.717, 1.165) is 72.2 Å². The molecule has 0 N–H and O–H groups in total. The number of hydrogen-bond donors (Lipinski definition) is 0. The van der Waals surface area contributed by atoms with Gasteiger partial charge >= 0.3 is 0 Å². The Kier molecular flexibility index (Phi) is 7.88. The van der Waals surface area contributed by atoms with E-state index in [9.17, 15) is 0 Å². The zero-order valence-corrected chi connectivity index (χ0v) is 25.1. The van der Waals surface area contributed by atoms with Crippen molar-refractivity contribution in [2.24, 2.45) is 0 Å². The molecule has 4 heterocycles. The van der Waals surface area contributed by atoms with E-state index in [1.54, 1.807) is 0 Å². The zero-order chi connectivity index (χ0) is 26.9. The van der Waals surface area contributed by atoms with Crippen LogP contribution in [0.4, 0.5) is 0 Å². The summed E-state index contributed by atoms with van der Waals surface area (Å²) >= 11 is 0. The number of aryl methyl sites for hydroxylation is 4. The van der Waals surface area contributed by atoms with Crippen LogP contribution in [0.25, 0.3) is 55.2 Å². The molecule has 0 aliphatic rings. The Morgan fingerprint density at radius 3 is 2.00 bits per heavy atom. The van der Waals surface area contributed by atoms with Crippen LogP contribution in [0.3, 0.4) is 0 Å². The fraction of sp³-hybridized carbons (Fsp3) is 0.114. The monoisotopic (exact) mass is 698 g/mol. The molecule has 40 heavy (non-hydrogen) atoms. The van der Waals surface area contributed by atoms with Gasteiger partial charge in [-0.15, -0.1) is 54.1 Å². The number of aromatic nitrogens is 3. The van der Waals surface area contributed by atoms with Crippen LogP contribution in [0, 0.1) is 39.8 Å². The average Bonchev–Trinajstić information content (AvgIpc) is 3.34. The summed E-state index contributed by atoms with van der Waals surface area (Å²) in [7, 11) is 0. The van der Waals surface area contributed by atoms with Gasteiger partial charge in [-0.2, -0.15) is 0 Å². The Labute approximate surface area is 247 Å². The summed E-state index contributed by atoms with van der Waals surface area (Å²) in [5.74, 6) is 0. The first-order valence-electron chi connectivity index (χ1n) is 12.9. The van der Waals surface area contributed by atoms with Crippen molar-refractivity contribution in [1.29, 1.82) is 0 Å². The number of rotatable bonds is 2. The van der Waals surface area contributed by atoms with Crippen LogP contribution in [0.15, 0.2) is 95.7 Å². The predicted molar refractivity (Wildman–Crippen MR) is 159 cm³/mol. The maximum Gasteiger partial charge on any atom is 0.128 e. The minimum Gasteiger partial charge on any atom is -0.500 e. The first kappa shape index (κ1) is 27.4. The van der Waals surface area contributed by atoms with Crippen molar-refractivity contribution in [3.05, 3.63) is 126 Å². The van der Waals surface area contributed by atoms with Crippen molar-refractivity contribution >= 4 is 32.7 Å². The third-order valence-electron chi connectivity index (χ3n) is 6.79. The summed E-state index contributed by atoms with van der Waals surface area (Å²) in [5.41, 5.74) is 9.86. The van der Waals surface area contributed by atoms with E-state index in [2.05, 4.69) is 63.5 Å². The third kappa shape index (κ3) is 5.31. The molecule has 0 saturated heterocycles. The molecule has 7 aromatic rings. The number of nitrogens with zero attached hydrogens (tertiary/aromatic N) is 3. The molecule has 5 heteroatoms. The van der Waals surface area contributed by atoms with Gasteiger partial charge in [-0.05, 0) is 56.3 Å². The first-order chi connectivity index (χ1) is 19.0. The van der Waals surface area contributed by atoms with Crippen molar-refractivity contribution in [2.45, 2.75) is 27.7 Å². The molecule has 0 amide bonds. The van der Waals surface area contributed by atoms with Gasteiger partial charge in [-0.25, -0.2) is 0 Å². The fourth-order valence-corrected chi connectivity index (χ4v) is 4.84. The molecule has 0 aliphatic heterocycles. The normalized spacial score (nSPS) is 10.8. The topological polar surface area (TPSA) is 51.8 Å². The molecule has 0 fully saturated rings. The van der Waals surface area contributed by atoms with E-state index in [1.165, 1.54) is 5.56 Å². The van der Waals surface area contributed by atoms with Crippen LogP contribution >= 0.6 is 0 Å². The van der Waals surface area contributed by atoms with Gasteiger partial charge < -0.3 is 14.4 Å². The summed E-state index contributed by atoms with van der Waals surface area (Å²) in [6.07, 6.45) is 3.74. The van der Waals surface area contributed by atoms with Gasteiger partial charge in [0.05, 0.1) is 5.58 Å². The van der Waals surface area contributed by atoms with Crippen LogP contribution in [-0.4, -0.2) is 15.0 Å². The molecular formula is C35H27IrN3O-2. The summed E-state index contributed by atoms with van der Waals surface area (Å²) in [5, 5.41) is 4.43. The Balaban J connectivity index is 0.000000195. The maximum atomic E-state index is 6.39. The maximum absolute atomic E-state index is 6.39. The van der Waals surface area contributed by atoms with Crippen LogP contribution in [0.1, 0.15) is 22.5 Å². The largest absolute Gasteiger partial charge is 0.500 e. The van der Waals surface area contributed by atoms with Gasteiger partial charge in [-0.1, -0.05) is 47.3 Å². The molecular weight excluding hydrogens is 671 g/mol. The summed E-state index contributed by atoms with van der Waals surface area (Å²) in [6.45, 7) is 8.13. The van der Waals surface area contributed by atoms with Gasteiger partial charge in [0.15, 0.2) is 0 Å². The molecule has 0 bridgehead atoms. The molecule has 4 nitrogen and oxygen atoms in total. The molecule has 4 aromatic heterocycles. The van der Waals surface area contributed by atoms with Crippen molar-refractivity contribution in [3.8, 4) is 22.5 Å². The molecule has 199 valence electrons. The van der Waals surface area contributed by atoms with Gasteiger partial charge in [-0.3, -0.25) is 4.98 Å². The number of fused-ring (bicyclic) bond motifs is 5. The van der Waals surface area contributed by atoms with Gasteiger partial charge in [0, 0.05) is 60.0 Å². The standard InChI is InChI=1S/C23H17N2O.C12H10N.Ir/c1-13-7-10-21(24-12-13)19-6-4-5-17-18-9-8-16-15(3)25-14(2)11-20(16)23(18)26-22(17)19;1-10-7-8-12(13-9-10)11-5-3-2-4-6-11;/h4-5,7-12H,1-3H3;2-5,7-9H,1H3;/q2*-1;. The average molecular weight is 698 g/mol. The Hall–Kier alpha value is -4.18. The van der Waals surface area contributed by atoms with E-state index < -0.39 is 0 Å². The predicted octanol–water partition coefficient (Wildman–Crippen LogP) is 8.78. The molecule has 0 aliphatic carbocycles. The second kappa shape index (κ2) is 11.5. The minimum atomic E-state index is 0. The molecule has 0 spiro atoms. The molecule has 0 saturated carbocycles. The molecule has 0 atom stereocenters. The van der Waals surface area contributed by atoms with Crippen LogP contribution in [0.2, 0.25) is 0 Å². The quantitative estimate of drug-likeness (QED) is 0.170. The number of pyridine rings is 3. The molecule has 1 radical (unpaired) electrons. The van der Waals surface area contributed by atoms with E-state index in [0.29, 0.717) is 0 Å². The summed E-state index contributed by atoms with van der Waals surface area (Å²) < 4.78 is 6.39. The van der Waals surface area contributed by atoms with Crippen LogP contribution < -0.4 is 0 Å². The van der Waals surface area contributed by atoms with Crippen LogP contribution in [0.5, 0.6) is 0 Å². The number of benzene rings is 3. The Bertz CT molecular complexity index is 1930. The van der Waals surface area contributed by atoms with Crippen molar-refractivity contribution in [2.75, 3.05) is 0 Å². The fourth-order valence-electron chi connectivity index (χ4n) is 4.84. The Morgan fingerprint density at radius 1 is 0.625 bits per heavy atom. The van der Waals surface area contributed by atoms with Gasteiger partial charge in [0.25, 0.3) is 0 Å². The SMILES string of the molecule is Cc1ccc(-c2[c-]ccc3c2oc2c4cc(C)nc(C)c4ccc32)nc1.Cc1ccc(-c2[c-]cccc2)nc1.[Ir]. The van der Waals surface area contributed by atoms with Crippen molar-refractivity contribution in [1.82, 2.24) is 15.0 Å². The summed E-state index contributed by atoms with van der Waals surface area (Å²) in [6, 6.07) is 32.8. The second-order valence-electron chi connectivity index (χ2n) is 9.80. The van der Waals surface area contributed by atoms with E-state index in [1.807, 2.05) is 82.6 Å². The van der Waals surface area contributed by atoms with Crippen molar-refractivity contribution in [3.63, 3.8) is 0 Å². The van der Waals surface area contributed by atoms with E-state index >= 15 is 0 Å². The summed E-state index contributed by atoms with van der Waals surface area (Å²) in [4.78, 5) is 13.5. The van der Waals surface area contributed by atoms with E-state index in [4.69, 9.17) is 4.42 Å². The molecule has 7 rings (SSSR count). The first-order valence-corrected chi connectivity index (χ1v) is 12.9. The van der Waals surface area contributed by atoms with Gasteiger partial charge in [0.1, 0.15) is 5.58 Å².